The zero-order valence-electron chi connectivity index (χ0n) is 42.3. The molecule has 0 aliphatic heterocycles. The molecule has 0 bridgehead atoms. The molecule has 0 unspecified atom stereocenters. The summed E-state index contributed by atoms with van der Waals surface area (Å²) in [7, 11) is 1.67. The molecule has 0 radical (unpaired) electrons. The Bertz CT molecular complexity index is 2090. The first-order valence-electron chi connectivity index (χ1n) is 21.2. The third kappa shape index (κ3) is 12.7. The Morgan fingerprint density at radius 3 is 0.902 bits per heavy atom. The predicted octanol–water partition coefficient (Wildman–Crippen LogP) is 13.6. The lowest BCUT2D eigenvalue weighted by Gasteiger charge is -2.30. The molecule has 8 nitrogen and oxygen atoms in total. The number of rotatable bonds is 1. The Labute approximate surface area is 369 Å². The van der Waals surface area contributed by atoms with Crippen LogP contribution >= 0.6 is 0 Å². The van der Waals surface area contributed by atoms with E-state index in [0.29, 0.717) is 28.6 Å². The number of methoxy groups -OCH3 is 1. The Balaban J connectivity index is 0.000000409. The number of benzene rings is 4. The van der Waals surface area contributed by atoms with Gasteiger partial charge in [-0.1, -0.05) is 104 Å². The van der Waals surface area contributed by atoms with E-state index in [0.717, 1.165) is 72.5 Å². The van der Waals surface area contributed by atoms with Gasteiger partial charge in [-0.2, -0.15) is 0 Å². The van der Waals surface area contributed by atoms with Gasteiger partial charge in [0.05, 0.1) is 7.11 Å². The summed E-state index contributed by atoms with van der Waals surface area (Å²) in [6, 6.07) is 5.10. The summed E-state index contributed by atoms with van der Waals surface area (Å²) in [6.45, 7) is 45.6. The molecule has 8 heteroatoms. The van der Waals surface area contributed by atoms with E-state index in [1.165, 1.54) is 0 Å². The smallest absolute Gasteiger partial charge is 0.123 e. The highest BCUT2D eigenvalue weighted by Crippen LogP contribution is 2.47. The average Bonchev–Trinajstić information content (AvgIpc) is 3.05. The number of ether oxygens (including phenoxy) is 1. The molecule has 4 aromatic carbocycles. The molecule has 0 aliphatic carbocycles. The van der Waals surface area contributed by atoms with Crippen LogP contribution in [0.2, 0.25) is 0 Å². The Morgan fingerprint density at radius 1 is 0.311 bits per heavy atom. The number of hydrogen-bond acceptors (Lipinski definition) is 8. The van der Waals surface area contributed by atoms with Crippen molar-refractivity contribution in [1.82, 2.24) is 0 Å². The van der Waals surface area contributed by atoms with Crippen LogP contribution in [0.4, 0.5) is 0 Å². The molecule has 0 aliphatic rings. The topological polar surface area (TPSA) is 151 Å². The van der Waals surface area contributed by atoms with E-state index in [4.69, 9.17) is 4.74 Å². The summed E-state index contributed by atoms with van der Waals surface area (Å²) in [5.74, 6) is 2.98. The molecular weight excluding hydrogens is 765 g/mol. The molecular formula is C53H82O8. The van der Waals surface area contributed by atoms with Crippen LogP contribution in [0.15, 0.2) is 18.2 Å². The minimum Gasteiger partial charge on any atom is -0.508 e. The number of phenolic OH excluding ortho intramolecular Hbond substituents is 7. The summed E-state index contributed by atoms with van der Waals surface area (Å²) in [5, 5.41) is 70.0. The minimum atomic E-state index is -0.188. The van der Waals surface area contributed by atoms with Crippen molar-refractivity contribution in [3.63, 3.8) is 0 Å². The fourth-order valence-corrected chi connectivity index (χ4v) is 8.53. The van der Waals surface area contributed by atoms with Gasteiger partial charge in [0.25, 0.3) is 0 Å². The monoisotopic (exact) mass is 847 g/mol. The van der Waals surface area contributed by atoms with Crippen molar-refractivity contribution in [1.29, 1.82) is 0 Å². The third-order valence-corrected chi connectivity index (χ3v) is 11.0. The van der Waals surface area contributed by atoms with Gasteiger partial charge < -0.3 is 40.5 Å². The molecule has 4 aromatic rings. The van der Waals surface area contributed by atoms with Crippen molar-refractivity contribution in [2.24, 2.45) is 0 Å². The number of aromatic hydroxyl groups is 7. The van der Waals surface area contributed by atoms with Gasteiger partial charge in [0.2, 0.25) is 0 Å². The maximum Gasteiger partial charge on any atom is 0.123 e. The van der Waals surface area contributed by atoms with Crippen LogP contribution < -0.4 is 4.74 Å². The normalized spacial score (nSPS) is 12.1. The van der Waals surface area contributed by atoms with Crippen LogP contribution in [-0.4, -0.2) is 42.9 Å². The van der Waals surface area contributed by atoms with Crippen molar-refractivity contribution in [3.8, 4) is 46.0 Å². The maximum atomic E-state index is 10.5. The van der Waals surface area contributed by atoms with Gasteiger partial charge >= 0.3 is 0 Å². The first-order chi connectivity index (χ1) is 27.2. The molecule has 0 spiro atoms. The fraction of sp³-hybridized carbons (Fsp3) is 0.547. The molecule has 0 heterocycles. The standard InChI is InChI=1S/C16H26O2.C13H20O2.2C12H18O2/c1-9-11(15(3,4)5)14(18)10(2)12(13(9)17)16(6,7)8;1-8-7-10(15-6)11(13(3,4)5)9(2)12(8)14;1-7-6-9(13)10(12(3,4)5)8(2)11(7)14;1-7-6-9(13)8(2)10(11(7)14)12(3,4)5/h17-18H,1-8H3;7,14H,1-6H3;2*6,13-14H,1-5H3. The fourth-order valence-electron chi connectivity index (χ4n) is 8.53. The van der Waals surface area contributed by atoms with Crippen LogP contribution in [0.5, 0.6) is 46.0 Å². The summed E-state index contributed by atoms with van der Waals surface area (Å²) in [5.41, 5.74) is 10.0. The molecule has 342 valence electrons. The largest absolute Gasteiger partial charge is 0.508 e. The van der Waals surface area contributed by atoms with Gasteiger partial charge in [-0.25, -0.2) is 0 Å². The van der Waals surface area contributed by atoms with E-state index in [1.807, 2.05) is 131 Å². The van der Waals surface area contributed by atoms with Crippen molar-refractivity contribution in [2.75, 3.05) is 7.11 Å². The molecule has 0 fully saturated rings. The summed E-state index contributed by atoms with van der Waals surface area (Å²) >= 11 is 0. The van der Waals surface area contributed by atoms with E-state index in [2.05, 4.69) is 20.8 Å². The second-order valence-corrected chi connectivity index (χ2v) is 21.8. The number of hydrogen-bond donors (Lipinski definition) is 7. The Hall–Kier alpha value is -4.72. The van der Waals surface area contributed by atoms with Crippen molar-refractivity contribution < 1.29 is 40.5 Å². The van der Waals surface area contributed by atoms with Crippen molar-refractivity contribution >= 4 is 0 Å². The first-order valence-corrected chi connectivity index (χ1v) is 21.2. The van der Waals surface area contributed by atoms with E-state index >= 15 is 0 Å². The maximum absolute atomic E-state index is 10.5. The highest BCUT2D eigenvalue weighted by molar-refractivity contribution is 5.61. The molecule has 0 amide bonds. The average molecular weight is 847 g/mol. The lowest BCUT2D eigenvalue weighted by molar-refractivity contribution is 0.391. The quantitative estimate of drug-likeness (QED) is 0.0936. The highest BCUT2D eigenvalue weighted by Gasteiger charge is 2.31. The zero-order valence-corrected chi connectivity index (χ0v) is 42.3. The van der Waals surface area contributed by atoms with Gasteiger partial charge in [-0.15, -0.1) is 0 Å². The Morgan fingerprint density at radius 2 is 0.574 bits per heavy atom. The molecule has 0 saturated carbocycles. The summed E-state index contributed by atoms with van der Waals surface area (Å²) < 4.78 is 5.38. The second kappa shape index (κ2) is 19.1. The molecule has 4 rings (SSSR count). The lowest BCUT2D eigenvalue weighted by atomic mass is 9.76. The SMILES string of the molecule is COc1cc(C)c(O)c(C)c1C(C)(C)C.Cc1c(O)c(C(C)(C)C)c(C)c(O)c1C(C)(C)C.Cc1cc(O)c(C(C)(C)C)c(C)c1O.Cc1cc(O)c(C)c(C(C)(C)C)c1O. The van der Waals surface area contributed by atoms with E-state index in [-0.39, 0.29) is 44.3 Å². The van der Waals surface area contributed by atoms with Crippen LogP contribution in [0.3, 0.4) is 0 Å². The Kier molecular flexibility index (Phi) is 17.0. The van der Waals surface area contributed by atoms with Crippen molar-refractivity contribution in [3.05, 3.63) is 90.5 Å². The third-order valence-electron chi connectivity index (χ3n) is 11.0. The molecule has 0 atom stereocenters. The van der Waals surface area contributed by atoms with Gasteiger partial charge in [-0.05, 0) is 145 Å². The minimum absolute atomic E-state index is 0.0272. The molecule has 7 N–H and O–H groups in total. The van der Waals surface area contributed by atoms with Crippen LogP contribution in [0.25, 0.3) is 0 Å². The molecule has 0 aromatic heterocycles. The van der Waals surface area contributed by atoms with Crippen molar-refractivity contribution in [2.45, 2.75) is 186 Å². The van der Waals surface area contributed by atoms with E-state index in [9.17, 15) is 35.7 Å². The van der Waals surface area contributed by atoms with Crippen LogP contribution in [-0.2, 0) is 27.1 Å². The summed E-state index contributed by atoms with van der Waals surface area (Å²) in [4.78, 5) is 0. The highest BCUT2D eigenvalue weighted by atomic mass is 16.5. The van der Waals surface area contributed by atoms with Gasteiger partial charge in [-0.3, -0.25) is 0 Å². The van der Waals surface area contributed by atoms with E-state index in [1.54, 1.807) is 33.1 Å². The second-order valence-electron chi connectivity index (χ2n) is 21.8. The van der Waals surface area contributed by atoms with Gasteiger partial charge in [0.1, 0.15) is 46.0 Å². The van der Waals surface area contributed by atoms with Gasteiger partial charge in [0, 0.05) is 27.8 Å². The van der Waals surface area contributed by atoms with Crippen LogP contribution in [0.1, 0.15) is 176 Å². The zero-order chi connectivity index (χ0) is 48.5. The lowest BCUT2D eigenvalue weighted by Crippen LogP contribution is -2.19. The van der Waals surface area contributed by atoms with Gasteiger partial charge in [0.15, 0.2) is 0 Å². The number of aryl methyl sites for hydroxylation is 3. The molecule has 61 heavy (non-hydrogen) atoms. The number of phenols is 7. The van der Waals surface area contributed by atoms with Crippen LogP contribution in [0, 0.1) is 55.4 Å². The predicted molar refractivity (Wildman–Crippen MR) is 255 cm³/mol. The first kappa shape index (κ1) is 54.3. The van der Waals surface area contributed by atoms with E-state index < -0.39 is 0 Å². The molecule has 0 saturated heterocycles. The summed E-state index contributed by atoms with van der Waals surface area (Å²) in [6.07, 6.45) is 0.